The van der Waals surface area contributed by atoms with E-state index in [0.29, 0.717) is 0 Å². The SMILES string of the molecule is Cn1nc(N2CCN(c3ncnc4[nH]ccc34)CC2)ccc1=O. The van der Waals surface area contributed by atoms with Gasteiger partial charge in [-0.1, -0.05) is 0 Å². The predicted molar refractivity (Wildman–Crippen MR) is 87.8 cm³/mol. The summed E-state index contributed by atoms with van der Waals surface area (Å²) in [5.74, 6) is 1.80. The minimum absolute atomic E-state index is 0.0942. The van der Waals surface area contributed by atoms with Crippen LogP contribution in [-0.2, 0) is 7.05 Å². The number of aryl methyl sites for hydroxylation is 1. The third-order valence-corrected chi connectivity index (χ3v) is 4.18. The van der Waals surface area contributed by atoms with Gasteiger partial charge in [0.05, 0.1) is 5.39 Å². The van der Waals surface area contributed by atoms with Crippen molar-refractivity contribution in [3.05, 3.63) is 41.1 Å². The molecule has 8 heteroatoms. The Morgan fingerprint density at radius 3 is 2.61 bits per heavy atom. The van der Waals surface area contributed by atoms with E-state index < -0.39 is 0 Å². The lowest BCUT2D eigenvalue weighted by molar-refractivity contribution is 0.620. The van der Waals surface area contributed by atoms with Gasteiger partial charge in [0.1, 0.15) is 23.6 Å². The van der Waals surface area contributed by atoms with Crippen LogP contribution in [0.5, 0.6) is 0 Å². The zero-order valence-electron chi connectivity index (χ0n) is 12.8. The Morgan fingerprint density at radius 2 is 1.83 bits per heavy atom. The van der Waals surface area contributed by atoms with E-state index in [2.05, 4.69) is 29.9 Å². The number of hydrogen-bond donors (Lipinski definition) is 1. The Hall–Kier alpha value is -2.90. The number of rotatable bonds is 2. The molecular weight excluding hydrogens is 294 g/mol. The van der Waals surface area contributed by atoms with Crippen molar-refractivity contribution in [2.75, 3.05) is 36.0 Å². The normalized spacial score (nSPS) is 15.3. The monoisotopic (exact) mass is 311 g/mol. The van der Waals surface area contributed by atoms with Crippen LogP contribution in [0.2, 0.25) is 0 Å². The average Bonchev–Trinajstić information content (AvgIpc) is 3.06. The number of aromatic amines is 1. The molecule has 0 unspecified atom stereocenters. The van der Waals surface area contributed by atoms with E-state index in [1.165, 1.54) is 4.68 Å². The maximum Gasteiger partial charge on any atom is 0.266 e. The molecule has 1 fully saturated rings. The summed E-state index contributed by atoms with van der Waals surface area (Å²) in [6.45, 7) is 3.37. The van der Waals surface area contributed by atoms with Gasteiger partial charge in [-0.2, -0.15) is 5.10 Å². The maximum absolute atomic E-state index is 11.4. The zero-order valence-corrected chi connectivity index (χ0v) is 12.8. The summed E-state index contributed by atoms with van der Waals surface area (Å²) < 4.78 is 1.37. The molecule has 1 aliphatic heterocycles. The Balaban J connectivity index is 1.54. The Morgan fingerprint density at radius 1 is 1.04 bits per heavy atom. The molecule has 0 radical (unpaired) electrons. The fraction of sp³-hybridized carbons (Fsp3) is 0.333. The molecule has 3 aromatic heterocycles. The Bertz CT molecular complexity index is 892. The summed E-state index contributed by atoms with van der Waals surface area (Å²) in [5.41, 5.74) is 0.764. The molecule has 0 amide bonds. The highest BCUT2D eigenvalue weighted by Crippen LogP contribution is 2.23. The predicted octanol–water partition coefficient (Wildman–Crippen LogP) is 0.378. The van der Waals surface area contributed by atoms with Gasteiger partial charge in [0, 0.05) is 45.5 Å². The maximum atomic E-state index is 11.4. The second kappa shape index (κ2) is 5.38. The molecular formula is C15H17N7O. The highest BCUT2D eigenvalue weighted by molar-refractivity contribution is 5.87. The molecule has 0 aliphatic carbocycles. The third-order valence-electron chi connectivity index (χ3n) is 4.18. The summed E-state index contributed by atoms with van der Waals surface area (Å²) in [5, 5.41) is 5.36. The molecule has 0 atom stereocenters. The highest BCUT2D eigenvalue weighted by Gasteiger charge is 2.21. The second-order valence-electron chi connectivity index (χ2n) is 5.56. The lowest BCUT2D eigenvalue weighted by Gasteiger charge is -2.36. The van der Waals surface area contributed by atoms with Crippen LogP contribution in [0.4, 0.5) is 11.6 Å². The molecule has 8 nitrogen and oxygen atoms in total. The minimum Gasteiger partial charge on any atom is -0.352 e. The summed E-state index contributed by atoms with van der Waals surface area (Å²) in [6, 6.07) is 5.35. The van der Waals surface area contributed by atoms with Gasteiger partial charge >= 0.3 is 0 Å². The smallest absolute Gasteiger partial charge is 0.266 e. The van der Waals surface area contributed by atoms with Crippen molar-refractivity contribution in [3.63, 3.8) is 0 Å². The third kappa shape index (κ3) is 2.41. The molecule has 1 saturated heterocycles. The van der Waals surface area contributed by atoms with E-state index in [1.54, 1.807) is 25.5 Å². The first-order valence-corrected chi connectivity index (χ1v) is 7.55. The molecule has 4 rings (SSSR count). The first kappa shape index (κ1) is 13.7. The van der Waals surface area contributed by atoms with Crippen molar-refractivity contribution in [2.45, 2.75) is 0 Å². The van der Waals surface area contributed by atoms with Crippen LogP contribution in [-0.4, -0.2) is 50.9 Å². The van der Waals surface area contributed by atoms with Crippen molar-refractivity contribution >= 4 is 22.7 Å². The molecule has 0 bridgehead atoms. The average molecular weight is 311 g/mol. The molecule has 0 aromatic carbocycles. The number of anilines is 2. The molecule has 4 heterocycles. The van der Waals surface area contributed by atoms with Gasteiger partial charge in [-0.15, -0.1) is 0 Å². The minimum atomic E-state index is -0.0942. The number of fused-ring (bicyclic) bond motifs is 1. The van der Waals surface area contributed by atoms with Crippen molar-refractivity contribution in [2.24, 2.45) is 7.05 Å². The van der Waals surface area contributed by atoms with Crippen molar-refractivity contribution in [1.29, 1.82) is 0 Å². The molecule has 1 N–H and O–H groups in total. The molecule has 118 valence electrons. The number of nitrogens with zero attached hydrogens (tertiary/aromatic N) is 6. The van der Waals surface area contributed by atoms with Gasteiger partial charge in [-0.3, -0.25) is 4.79 Å². The van der Waals surface area contributed by atoms with E-state index in [4.69, 9.17) is 0 Å². The fourth-order valence-corrected chi connectivity index (χ4v) is 2.92. The van der Waals surface area contributed by atoms with Gasteiger partial charge in [0.2, 0.25) is 0 Å². The summed E-state index contributed by atoms with van der Waals surface area (Å²) in [4.78, 5) is 27.7. The number of aromatic nitrogens is 5. The van der Waals surface area contributed by atoms with Crippen LogP contribution in [0.3, 0.4) is 0 Å². The lowest BCUT2D eigenvalue weighted by atomic mass is 10.2. The number of H-pyrrole nitrogens is 1. The highest BCUT2D eigenvalue weighted by atomic mass is 16.1. The van der Waals surface area contributed by atoms with Crippen LogP contribution in [0.1, 0.15) is 0 Å². The number of hydrogen-bond acceptors (Lipinski definition) is 6. The van der Waals surface area contributed by atoms with Gasteiger partial charge < -0.3 is 14.8 Å². The van der Waals surface area contributed by atoms with Crippen LogP contribution < -0.4 is 15.4 Å². The van der Waals surface area contributed by atoms with E-state index >= 15 is 0 Å². The van der Waals surface area contributed by atoms with Crippen molar-refractivity contribution in [1.82, 2.24) is 24.7 Å². The van der Waals surface area contributed by atoms with Gasteiger partial charge in [0.25, 0.3) is 5.56 Å². The van der Waals surface area contributed by atoms with E-state index in [0.717, 1.165) is 48.8 Å². The first-order valence-electron chi connectivity index (χ1n) is 7.55. The van der Waals surface area contributed by atoms with Crippen LogP contribution in [0.15, 0.2) is 35.5 Å². The molecule has 3 aromatic rings. The largest absolute Gasteiger partial charge is 0.352 e. The molecule has 0 spiro atoms. The zero-order chi connectivity index (χ0) is 15.8. The number of nitrogens with one attached hydrogen (secondary N) is 1. The molecule has 0 saturated carbocycles. The second-order valence-corrected chi connectivity index (χ2v) is 5.56. The molecule has 1 aliphatic rings. The summed E-state index contributed by atoms with van der Waals surface area (Å²) >= 11 is 0. The summed E-state index contributed by atoms with van der Waals surface area (Å²) in [6.07, 6.45) is 3.47. The van der Waals surface area contributed by atoms with E-state index in [9.17, 15) is 4.79 Å². The van der Waals surface area contributed by atoms with Crippen molar-refractivity contribution in [3.8, 4) is 0 Å². The van der Waals surface area contributed by atoms with Gasteiger partial charge in [-0.05, 0) is 12.1 Å². The van der Waals surface area contributed by atoms with Crippen LogP contribution in [0, 0.1) is 0 Å². The van der Waals surface area contributed by atoms with E-state index in [1.807, 2.05) is 12.3 Å². The standard InChI is InChI=1S/C15H17N7O/c1-20-13(23)3-2-12(19-20)21-6-8-22(9-7-21)15-11-4-5-16-14(11)17-10-18-15/h2-5,10H,6-9H2,1H3,(H,16,17,18). The number of piperazine rings is 1. The Labute approximate surface area is 132 Å². The van der Waals surface area contributed by atoms with Crippen LogP contribution >= 0.6 is 0 Å². The van der Waals surface area contributed by atoms with Crippen molar-refractivity contribution < 1.29 is 0 Å². The molecule has 23 heavy (non-hydrogen) atoms. The van der Waals surface area contributed by atoms with Gasteiger partial charge in [-0.25, -0.2) is 14.6 Å². The summed E-state index contributed by atoms with van der Waals surface area (Å²) in [7, 11) is 1.67. The topological polar surface area (TPSA) is 82.9 Å². The van der Waals surface area contributed by atoms with Crippen LogP contribution in [0.25, 0.3) is 11.0 Å². The quantitative estimate of drug-likeness (QED) is 0.736. The van der Waals surface area contributed by atoms with E-state index in [-0.39, 0.29) is 5.56 Å². The lowest BCUT2D eigenvalue weighted by Crippen LogP contribution is -2.47. The fourth-order valence-electron chi connectivity index (χ4n) is 2.92. The first-order chi connectivity index (χ1) is 11.2. The Kier molecular flexibility index (Phi) is 3.22. The van der Waals surface area contributed by atoms with Gasteiger partial charge in [0.15, 0.2) is 0 Å².